The van der Waals surface area contributed by atoms with Gasteiger partial charge in [-0.1, -0.05) is 33.2 Å². The van der Waals surface area contributed by atoms with Gasteiger partial charge in [0.05, 0.1) is 5.69 Å². The fourth-order valence-electron chi connectivity index (χ4n) is 3.17. The normalized spacial score (nSPS) is 15.3. The molecule has 1 aliphatic rings. The second-order valence-electron chi connectivity index (χ2n) is 6.70. The lowest BCUT2D eigenvalue weighted by atomic mass is 9.96. The van der Waals surface area contributed by atoms with Gasteiger partial charge in [-0.25, -0.2) is 0 Å². The molecule has 3 rings (SSSR count). The first kappa shape index (κ1) is 21.2. The number of guanidine groups is 1. The van der Waals surface area contributed by atoms with Crippen LogP contribution in [0.3, 0.4) is 0 Å². The number of rotatable bonds is 6. The van der Waals surface area contributed by atoms with E-state index in [1.54, 1.807) is 0 Å². The van der Waals surface area contributed by atoms with Crippen LogP contribution in [0.15, 0.2) is 38.3 Å². The molecule has 7 heteroatoms. The fraction of sp³-hybridized carbons (Fsp3) is 0.474. The molecule has 142 valence electrons. The van der Waals surface area contributed by atoms with E-state index in [1.807, 2.05) is 20.9 Å². The molecular weight excluding hydrogens is 507 g/mol. The summed E-state index contributed by atoms with van der Waals surface area (Å²) in [5.74, 6) is 1.74. The summed E-state index contributed by atoms with van der Waals surface area (Å²) in [5, 5.41) is 10.9. The van der Waals surface area contributed by atoms with E-state index in [-0.39, 0.29) is 29.4 Å². The van der Waals surface area contributed by atoms with E-state index >= 15 is 0 Å². The van der Waals surface area contributed by atoms with Crippen molar-refractivity contribution in [2.45, 2.75) is 38.5 Å². The third-order valence-corrected chi connectivity index (χ3v) is 5.45. The highest BCUT2D eigenvalue weighted by Crippen LogP contribution is 2.48. The van der Waals surface area contributed by atoms with Crippen LogP contribution in [0, 0.1) is 13.8 Å². The zero-order valence-corrected chi connectivity index (χ0v) is 19.4. The fourth-order valence-corrected chi connectivity index (χ4v) is 3.57. The highest BCUT2D eigenvalue weighted by molar-refractivity contribution is 14.0. The van der Waals surface area contributed by atoms with Crippen molar-refractivity contribution in [3.63, 3.8) is 0 Å². The van der Waals surface area contributed by atoms with Crippen LogP contribution < -0.4 is 10.6 Å². The summed E-state index contributed by atoms with van der Waals surface area (Å²) in [5.41, 5.74) is 3.77. The molecule has 2 N–H and O–H groups in total. The van der Waals surface area contributed by atoms with E-state index in [9.17, 15) is 0 Å². The van der Waals surface area contributed by atoms with Gasteiger partial charge in [0.2, 0.25) is 0 Å². The SMILES string of the molecule is CN=C(NCCc1c(C)noc1C)NCC1(c2cccc(Br)c2)CC1.I. The Balaban J connectivity index is 0.00000243. The molecule has 0 radical (unpaired) electrons. The lowest BCUT2D eigenvalue weighted by Gasteiger charge is -2.19. The largest absolute Gasteiger partial charge is 0.361 e. The molecule has 0 unspecified atom stereocenters. The van der Waals surface area contributed by atoms with Gasteiger partial charge in [0.15, 0.2) is 5.96 Å². The van der Waals surface area contributed by atoms with Crippen molar-refractivity contribution in [1.82, 2.24) is 15.8 Å². The third kappa shape index (κ3) is 5.00. The van der Waals surface area contributed by atoms with Gasteiger partial charge in [-0.2, -0.15) is 0 Å². The Kier molecular flexibility index (Phi) is 7.52. The topological polar surface area (TPSA) is 62.5 Å². The molecule has 0 atom stereocenters. The Hall–Kier alpha value is -1.09. The summed E-state index contributed by atoms with van der Waals surface area (Å²) in [6, 6.07) is 8.62. The Bertz CT molecular complexity index is 751. The molecular formula is C19H26BrIN4O. The zero-order valence-electron chi connectivity index (χ0n) is 15.4. The Labute approximate surface area is 180 Å². The van der Waals surface area contributed by atoms with Gasteiger partial charge in [0, 0.05) is 35.6 Å². The standard InChI is InChI=1S/C19H25BrN4O.HI/c1-13-17(14(2)25-24-13)7-10-22-18(21-3)23-12-19(8-9-19)15-5-4-6-16(20)11-15;/h4-6,11H,7-10,12H2,1-3H3,(H2,21,22,23);1H. The van der Waals surface area contributed by atoms with Crippen molar-refractivity contribution >= 4 is 45.9 Å². The maximum absolute atomic E-state index is 5.21. The maximum Gasteiger partial charge on any atom is 0.191 e. The molecule has 1 aromatic carbocycles. The minimum Gasteiger partial charge on any atom is -0.361 e. The number of hydrogen-bond acceptors (Lipinski definition) is 3. The zero-order chi connectivity index (χ0) is 17.9. The summed E-state index contributed by atoms with van der Waals surface area (Å²) >= 11 is 3.57. The van der Waals surface area contributed by atoms with E-state index in [0.29, 0.717) is 0 Å². The van der Waals surface area contributed by atoms with Gasteiger partial charge in [0.1, 0.15) is 5.76 Å². The smallest absolute Gasteiger partial charge is 0.191 e. The van der Waals surface area contributed by atoms with Crippen molar-refractivity contribution in [2.75, 3.05) is 20.1 Å². The number of nitrogens with one attached hydrogen (secondary N) is 2. The molecule has 1 aliphatic carbocycles. The lowest BCUT2D eigenvalue weighted by Crippen LogP contribution is -2.42. The van der Waals surface area contributed by atoms with E-state index in [4.69, 9.17) is 4.52 Å². The van der Waals surface area contributed by atoms with Gasteiger partial charge < -0.3 is 15.2 Å². The summed E-state index contributed by atoms with van der Waals surface area (Å²) < 4.78 is 6.35. The minimum atomic E-state index is 0. The summed E-state index contributed by atoms with van der Waals surface area (Å²) in [7, 11) is 1.81. The maximum atomic E-state index is 5.21. The van der Waals surface area contributed by atoms with Crippen LogP contribution in [-0.4, -0.2) is 31.3 Å². The van der Waals surface area contributed by atoms with Crippen LogP contribution in [0.5, 0.6) is 0 Å². The molecule has 1 saturated carbocycles. The van der Waals surface area contributed by atoms with E-state index in [0.717, 1.165) is 41.4 Å². The molecule has 1 fully saturated rings. The highest BCUT2D eigenvalue weighted by atomic mass is 127. The van der Waals surface area contributed by atoms with E-state index < -0.39 is 0 Å². The van der Waals surface area contributed by atoms with Crippen LogP contribution in [0.1, 0.15) is 35.4 Å². The molecule has 1 aromatic heterocycles. The minimum absolute atomic E-state index is 0. The summed E-state index contributed by atoms with van der Waals surface area (Å²) in [6.45, 7) is 5.63. The van der Waals surface area contributed by atoms with Crippen LogP contribution in [0.25, 0.3) is 0 Å². The second kappa shape index (κ2) is 9.21. The van der Waals surface area contributed by atoms with Crippen LogP contribution >= 0.6 is 39.9 Å². The van der Waals surface area contributed by atoms with Crippen molar-refractivity contribution < 1.29 is 4.52 Å². The summed E-state index contributed by atoms with van der Waals surface area (Å²) in [4.78, 5) is 4.34. The van der Waals surface area contributed by atoms with Crippen molar-refractivity contribution in [3.05, 3.63) is 51.3 Å². The molecule has 0 aliphatic heterocycles. The van der Waals surface area contributed by atoms with Crippen molar-refractivity contribution in [1.29, 1.82) is 0 Å². The Morgan fingerprint density at radius 1 is 1.31 bits per heavy atom. The van der Waals surface area contributed by atoms with Crippen LogP contribution in [0.4, 0.5) is 0 Å². The Morgan fingerprint density at radius 3 is 2.65 bits per heavy atom. The molecule has 0 amide bonds. The number of aryl methyl sites for hydroxylation is 2. The molecule has 0 spiro atoms. The average molecular weight is 533 g/mol. The van der Waals surface area contributed by atoms with Crippen molar-refractivity contribution in [2.24, 2.45) is 4.99 Å². The predicted molar refractivity (Wildman–Crippen MR) is 120 cm³/mol. The van der Waals surface area contributed by atoms with Crippen LogP contribution in [0.2, 0.25) is 0 Å². The second-order valence-corrected chi connectivity index (χ2v) is 7.61. The predicted octanol–water partition coefficient (Wildman–Crippen LogP) is 4.11. The monoisotopic (exact) mass is 532 g/mol. The van der Waals surface area contributed by atoms with Crippen molar-refractivity contribution in [3.8, 4) is 0 Å². The first-order chi connectivity index (χ1) is 12.0. The van der Waals surface area contributed by atoms with Gasteiger partial charge in [-0.3, -0.25) is 4.99 Å². The highest BCUT2D eigenvalue weighted by Gasteiger charge is 2.44. The summed E-state index contributed by atoms with van der Waals surface area (Å²) in [6.07, 6.45) is 3.30. The average Bonchev–Trinajstić information content (AvgIpc) is 3.33. The third-order valence-electron chi connectivity index (χ3n) is 4.96. The first-order valence-corrected chi connectivity index (χ1v) is 9.46. The molecule has 26 heavy (non-hydrogen) atoms. The molecule has 2 aromatic rings. The first-order valence-electron chi connectivity index (χ1n) is 8.66. The molecule has 1 heterocycles. The van der Waals surface area contributed by atoms with E-state index in [2.05, 4.69) is 61.0 Å². The Morgan fingerprint density at radius 2 is 2.08 bits per heavy atom. The van der Waals surface area contributed by atoms with Gasteiger partial charge in [-0.05, 0) is 50.8 Å². The van der Waals surface area contributed by atoms with E-state index in [1.165, 1.54) is 24.0 Å². The molecule has 5 nitrogen and oxygen atoms in total. The molecule has 0 saturated heterocycles. The van der Waals surface area contributed by atoms with Gasteiger partial charge >= 0.3 is 0 Å². The number of benzene rings is 1. The van der Waals surface area contributed by atoms with Gasteiger partial charge in [0.25, 0.3) is 0 Å². The number of nitrogens with zero attached hydrogens (tertiary/aromatic N) is 2. The van der Waals surface area contributed by atoms with Gasteiger partial charge in [-0.15, -0.1) is 24.0 Å². The number of halogens is 2. The lowest BCUT2D eigenvalue weighted by molar-refractivity contribution is 0.392. The number of aliphatic imine (C=N–C) groups is 1. The molecule has 0 bridgehead atoms. The van der Waals surface area contributed by atoms with Crippen LogP contribution in [-0.2, 0) is 11.8 Å². The quantitative estimate of drug-likeness (QED) is 0.334. The number of hydrogen-bond donors (Lipinski definition) is 2. The number of aromatic nitrogens is 1.